The van der Waals surface area contributed by atoms with E-state index in [1.165, 1.54) is 0 Å². The molecule has 1 unspecified atom stereocenters. The van der Waals surface area contributed by atoms with Crippen molar-refractivity contribution in [1.29, 1.82) is 0 Å². The largest absolute Gasteiger partial charge is 0.392 e. The molecule has 2 fully saturated rings. The molecule has 19 heavy (non-hydrogen) atoms. The van der Waals surface area contributed by atoms with Crippen molar-refractivity contribution in [2.24, 2.45) is 17.1 Å². The van der Waals surface area contributed by atoms with Gasteiger partial charge in [0.05, 0.1) is 27.4 Å². The monoisotopic (exact) mass is 304 g/mol. The van der Waals surface area contributed by atoms with E-state index >= 15 is 0 Å². The van der Waals surface area contributed by atoms with E-state index < -0.39 is 20.8 Å². The van der Waals surface area contributed by atoms with Gasteiger partial charge in [-0.05, 0) is 32.1 Å². The quantitative estimate of drug-likeness (QED) is 0.736. The van der Waals surface area contributed by atoms with Crippen LogP contribution in [0.4, 0.5) is 0 Å². The number of hydrogen-bond donors (Lipinski definition) is 2. The fourth-order valence-corrected chi connectivity index (χ4v) is 5.48. The van der Waals surface area contributed by atoms with Gasteiger partial charge >= 0.3 is 0 Å². The molecule has 2 aliphatic rings. The van der Waals surface area contributed by atoms with Gasteiger partial charge in [-0.1, -0.05) is 19.1 Å². The van der Waals surface area contributed by atoms with Crippen molar-refractivity contribution in [1.82, 2.24) is 5.32 Å². The molecule has 0 aromatic rings. The van der Waals surface area contributed by atoms with Crippen molar-refractivity contribution >= 4 is 33.0 Å². The Balaban J connectivity index is 2.11. The number of thiocarbonyl (C=S) groups is 1. The second-order valence-corrected chi connectivity index (χ2v) is 8.94. The Hall–Kier alpha value is -0.690. The van der Waals surface area contributed by atoms with E-state index in [0.29, 0.717) is 25.2 Å². The molecule has 0 bridgehead atoms. The first-order chi connectivity index (χ1) is 8.59. The first-order valence-electron chi connectivity index (χ1n) is 6.42. The molecule has 108 valence electrons. The van der Waals surface area contributed by atoms with Gasteiger partial charge in [-0.25, -0.2) is 8.42 Å². The molecule has 1 saturated heterocycles. The molecule has 0 aromatic heterocycles. The second-order valence-electron chi connectivity index (χ2n) is 6.32. The van der Waals surface area contributed by atoms with Gasteiger partial charge in [-0.15, -0.1) is 0 Å². The van der Waals surface area contributed by atoms with E-state index in [1.807, 2.05) is 6.92 Å². The number of carbonyl (C=O) groups is 1. The van der Waals surface area contributed by atoms with Crippen LogP contribution in [0.15, 0.2) is 0 Å². The molecule has 1 heterocycles. The van der Waals surface area contributed by atoms with Gasteiger partial charge in [0.25, 0.3) is 0 Å². The van der Waals surface area contributed by atoms with E-state index in [0.717, 1.165) is 0 Å². The Morgan fingerprint density at radius 2 is 2.00 bits per heavy atom. The maximum absolute atomic E-state index is 12.4. The lowest BCUT2D eigenvalue weighted by Gasteiger charge is -2.45. The van der Waals surface area contributed by atoms with Gasteiger partial charge in [0.1, 0.15) is 0 Å². The van der Waals surface area contributed by atoms with E-state index in [9.17, 15) is 13.2 Å². The molecule has 1 aliphatic heterocycles. The Kier molecular flexibility index (Phi) is 3.42. The predicted molar refractivity (Wildman–Crippen MR) is 77.4 cm³/mol. The molecule has 7 heteroatoms. The summed E-state index contributed by atoms with van der Waals surface area (Å²) in [5, 5.41) is 2.87. The minimum atomic E-state index is -3.04. The molecular formula is C12H20N2O3S2. The molecule has 0 radical (unpaired) electrons. The van der Waals surface area contributed by atoms with Gasteiger partial charge in [0.15, 0.2) is 9.84 Å². The SMILES string of the molecule is CC1CC(C(=O)NC2(C)CCS(=O)(=O)C2)(C(N)=S)C1. The summed E-state index contributed by atoms with van der Waals surface area (Å²) in [7, 11) is -3.04. The summed E-state index contributed by atoms with van der Waals surface area (Å²) in [6.45, 7) is 3.82. The van der Waals surface area contributed by atoms with Gasteiger partial charge in [-0.3, -0.25) is 4.79 Å². The van der Waals surface area contributed by atoms with Crippen LogP contribution in [-0.4, -0.2) is 36.4 Å². The first-order valence-corrected chi connectivity index (χ1v) is 8.65. The normalized spacial score (nSPS) is 40.4. The summed E-state index contributed by atoms with van der Waals surface area (Å²) in [4.78, 5) is 12.6. The Morgan fingerprint density at radius 1 is 1.42 bits per heavy atom. The van der Waals surface area contributed by atoms with Crippen molar-refractivity contribution in [3.05, 3.63) is 0 Å². The molecular weight excluding hydrogens is 284 g/mol. The lowest BCUT2D eigenvalue weighted by atomic mass is 9.61. The first kappa shape index (κ1) is 14.7. The van der Waals surface area contributed by atoms with Gasteiger partial charge in [0, 0.05) is 0 Å². The van der Waals surface area contributed by atoms with E-state index in [-0.39, 0.29) is 22.4 Å². The fourth-order valence-electron chi connectivity index (χ4n) is 3.13. The van der Waals surface area contributed by atoms with Crippen LogP contribution in [-0.2, 0) is 14.6 Å². The molecule has 0 aromatic carbocycles. The number of nitrogens with one attached hydrogen (secondary N) is 1. The smallest absolute Gasteiger partial charge is 0.233 e. The third-order valence-electron chi connectivity index (χ3n) is 4.22. The third-order valence-corrected chi connectivity index (χ3v) is 6.51. The summed E-state index contributed by atoms with van der Waals surface area (Å²) in [5.74, 6) is 0.333. The predicted octanol–water partition coefficient (Wildman–Crippen LogP) is 0.382. The van der Waals surface area contributed by atoms with E-state index in [4.69, 9.17) is 18.0 Å². The maximum atomic E-state index is 12.4. The van der Waals surface area contributed by atoms with E-state index in [1.54, 1.807) is 6.92 Å². The number of hydrogen-bond acceptors (Lipinski definition) is 4. The number of amides is 1. The van der Waals surface area contributed by atoms with Crippen LogP contribution in [0.2, 0.25) is 0 Å². The molecule has 1 aliphatic carbocycles. The van der Waals surface area contributed by atoms with Crippen molar-refractivity contribution in [2.75, 3.05) is 11.5 Å². The second kappa shape index (κ2) is 4.41. The zero-order valence-corrected chi connectivity index (χ0v) is 12.9. The lowest BCUT2D eigenvalue weighted by molar-refractivity contribution is -0.134. The minimum Gasteiger partial charge on any atom is -0.392 e. The summed E-state index contributed by atoms with van der Waals surface area (Å²) in [6.07, 6.45) is 1.75. The van der Waals surface area contributed by atoms with Crippen molar-refractivity contribution in [3.8, 4) is 0 Å². The average molecular weight is 304 g/mol. The molecule has 3 N–H and O–H groups in total. The van der Waals surface area contributed by atoms with Crippen LogP contribution in [0.25, 0.3) is 0 Å². The van der Waals surface area contributed by atoms with Gasteiger partial charge in [0.2, 0.25) is 5.91 Å². The third kappa shape index (κ3) is 2.63. The minimum absolute atomic E-state index is 0.00525. The number of nitrogens with two attached hydrogens (primary N) is 1. The van der Waals surface area contributed by atoms with Crippen LogP contribution in [0.5, 0.6) is 0 Å². The molecule has 5 nitrogen and oxygen atoms in total. The summed E-state index contributed by atoms with van der Waals surface area (Å²) >= 11 is 5.03. The Morgan fingerprint density at radius 3 is 2.37 bits per heavy atom. The zero-order valence-electron chi connectivity index (χ0n) is 11.2. The highest BCUT2D eigenvalue weighted by Gasteiger charge is 2.53. The van der Waals surface area contributed by atoms with Crippen LogP contribution in [0.3, 0.4) is 0 Å². The number of rotatable bonds is 3. The Bertz CT molecular complexity index is 523. The van der Waals surface area contributed by atoms with Crippen molar-refractivity contribution in [2.45, 2.75) is 38.6 Å². The van der Waals surface area contributed by atoms with E-state index in [2.05, 4.69) is 5.32 Å². The zero-order chi connectivity index (χ0) is 14.5. The molecule has 0 spiro atoms. The molecule has 1 saturated carbocycles. The van der Waals surface area contributed by atoms with Crippen molar-refractivity contribution < 1.29 is 13.2 Å². The van der Waals surface area contributed by atoms with Crippen LogP contribution in [0.1, 0.15) is 33.1 Å². The van der Waals surface area contributed by atoms with Crippen molar-refractivity contribution in [3.63, 3.8) is 0 Å². The molecule has 1 atom stereocenters. The van der Waals surface area contributed by atoms with Crippen LogP contribution < -0.4 is 11.1 Å². The van der Waals surface area contributed by atoms with Crippen LogP contribution in [0, 0.1) is 11.3 Å². The highest BCUT2D eigenvalue weighted by Crippen LogP contribution is 2.46. The van der Waals surface area contributed by atoms with Crippen LogP contribution >= 0.6 is 12.2 Å². The fraction of sp³-hybridized carbons (Fsp3) is 0.833. The standard InChI is InChI=1S/C12H20N2O3S2/c1-8-5-12(6-8,9(13)18)10(15)14-11(2)3-4-19(16,17)7-11/h8H,3-7H2,1-2H3,(H2,13,18)(H,14,15). The molecule has 2 rings (SSSR count). The Labute approximate surface area is 119 Å². The van der Waals surface area contributed by atoms with Gasteiger partial charge in [-0.2, -0.15) is 0 Å². The molecule has 1 amide bonds. The topological polar surface area (TPSA) is 89.3 Å². The highest BCUT2D eigenvalue weighted by atomic mass is 32.2. The lowest BCUT2D eigenvalue weighted by Crippen LogP contribution is -2.60. The maximum Gasteiger partial charge on any atom is 0.233 e. The summed E-state index contributed by atoms with van der Waals surface area (Å²) in [6, 6.07) is 0. The number of carbonyl (C=O) groups excluding carboxylic acids is 1. The summed E-state index contributed by atoms with van der Waals surface area (Å²) < 4.78 is 23.1. The number of sulfone groups is 1. The van der Waals surface area contributed by atoms with Gasteiger partial charge < -0.3 is 11.1 Å². The highest BCUT2D eigenvalue weighted by molar-refractivity contribution is 7.91. The summed E-state index contributed by atoms with van der Waals surface area (Å²) in [5.41, 5.74) is 4.26. The average Bonchev–Trinajstić information content (AvgIpc) is 2.46.